The van der Waals surface area contributed by atoms with Crippen LogP contribution in [0.25, 0.3) is 0 Å². The van der Waals surface area contributed by atoms with Gasteiger partial charge in [-0.1, -0.05) is 80.2 Å². The first-order valence-electron chi connectivity index (χ1n) is 34.9. The number of nitrogens with one attached hydrogen (secondary N) is 3. The maximum Gasteiger partial charge on any atom is 0.419 e. The van der Waals surface area contributed by atoms with Crippen molar-refractivity contribution in [3.8, 4) is 0 Å². The van der Waals surface area contributed by atoms with Gasteiger partial charge in [-0.05, 0) is 113 Å². The summed E-state index contributed by atoms with van der Waals surface area (Å²) in [5.74, 6) is -11.2. The molecule has 1 aliphatic carbocycles. The molecule has 25 nitrogen and oxygen atoms in total. The van der Waals surface area contributed by atoms with E-state index in [2.05, 4.69) is 16.0 Å². The Bertz CT molecular complexity index is 3070. The van der Waals surface area contributed by atoms with Crippen LogP contribution in [0.15, 0.2) is 18.2 Å². The molecule has 11 atom stereocenters. The van der Waals surface area contributed by atoms with Gasteiger partial charge in [0.15, 0.2) is 0 Å². The van der Waals surface area contributed by atoms with E-state index in [9.17, 15) is 56.3 Å². The average Bonchev–Trinajstić information content (AvgIpc) is 1.32. The molecule has 1 aromatic carbocycles. The lowest BCUT2D eigenvalue weighted by Gasteiger charge is -2.45. The molecule has 5 aliphatic rings. The highest BCUT2D eigenvalue weighted by Gasteiger charge is 2.52. The Morgan fingerprint density at radius 2 is 1.30 bits per heavy atom. The number of hydrogen-bond donors (Lipinski definition) is 3. The number of carbonyl (C=O) groups is 12. The Morgan fingerprint density at radius 1 is 0.663 bits per heavy atom. The molecule has 6 rings (SSSR count). The topological polar surface area (TPSA) is 279 Å². The maximum absolute atomic E-state index is 15.5. The summed E-state index contributed by atoms with van der Waals surface area (Å²) in [6, 6.07) is -9.31. The van der Waals surface area contributed by atoms with Crippen LogP contribution in [0.4, 0.5) is 17.6 Å². The van der Waals surface area contributed by atoms with E-state index in [4.69, 9.17) is 4.74 Å². The molecule has 1 saturated carbocycles. The quantitative estimate of drug-likeness (QED) is 0.176. The second kappa shape index (κ2) is 34.5. The predicted molar refractivity (Wildman–Crippen MR) is 354 cm³/mol. The van der Waals surface area contributed by atoms with Crippen LogP contribution in [0.3, 0.4) is 0 Å². The number of ether oxygens (including phenoxy) is 1. The van der Waals surface area contributed by atoms with Gasteiger partial charge >= 0.3 is 6.18 Å². The van der Waals surface area contributed by atoms with Crippen LogP contribution in [-0.2, 0) is 74.9 Å². The lowest BCUT2D eigenvalue weighted by Crippen LogP contribution is -2.65. The van der Waals surface area contributed by atoms with Crippen molar-refractivity contribution in [2.45, 2.75) is 224 Å². The van der Waals surface area contributed by atoms with E-state index in [1.165, 1.54) is 78.6 Å². The minimum absolute atomic E-state index is 0.0220. The third-order valence-corrected chi connectivity index (χ3v) is 20.8. The second-order valence-corrected chi connectivity index (χ2v) is 28.1. The average molecular weight is 1390 g/mol. The van der Waals surface area contributed by atoms with Gasteiger partial charge in [-0.25, -0.2) is 4.39 Å². The van der Waals surface area contributed by atoms with Crippen LogP contribution >= 0.6 is 0 Å². The highest BCUT2D eigenvalue weighted by Crippen LogP contribution is 2.36. The number of alkyl halides is 3. The summed E-state index contributed by atoms with van der Waals surface area (Å²) in [5, 5.41) is 8.55. The Labute approximate surface area is 574 Å². The van der Waals surface area contributed by atoms with E-state index < -0.39 is 173 Å². The molecular formula is C69H106F4N12O13. The van der Waals surface area contributed by atoms with E-state index in [1.54, 1.807) is 18.7 Å². The summed E-state index contributed by atoms with van der Waals surface area (Å²) in [7, 11) is 8.28. The van der Waals surface area contributed by atoms with Gasteiger partial charge in [-0.2, -0.15) is 13.2 Å². The minimum atomic E-state index is -5.01. The molecule has 0 radical (unpaired) electrons. The van der Waals surface area contributed by atoms with Crippen molar-refractivity contribution >= 4 is 70.9 Å². The van der Waals surface area contributed by atoms with Crippen LogP contribution < -0.4 is 16.0 Å². The minimum Gasteiger partial charge on any atom is -0.379 e. The number of benzene rings is 1. The van der Waals surface area contributed by atoms with Gasteiger partial charge in [-0.15, -0.1) is 0 Å². The maximum atomic E-state index is 15.5. The molecule has 4 saturated heterocycles. The van der Waals surface area contributed by atoms with Crippen molar-refractivity contribution in [1.29, 1.82) is 0 Å². The van der Waals surface area contributed by atoms with Crippen LogP contribution in [0.1, 0.15) is 163 Å². The van der Waals surface area contributed by atoms with Gasteiger partial charge in [0.25, 0.3) is 0 Å². The summed E-state index contributed by atoms with van der Waals surface area (Å²) in [6.07, 6.45) is -1.71. The van der Waals surface area contributed by atoms with E-state index in [0.29, 0.717) is 70.2 Å². The third-order valence-electron chi connectivity index (χ3n) is 20.8. The molecule has 548 valence electrons. The molecule has 98 heavy (non-hydrogen) atoms. The van der Waals surface area contributed by atoms with Crippen molar-refractivity contribution in [2.75, 3.05) is 88.2 Å². The normalized spacial score (nSPS) is 27.2. The first kappa shape index (κ1) is 79.5. The Balaban J connectivity index is 1.43. The Morgan fingerprint density at radius 3 is 1.87 bits per heavy atom. The lowest BCUT2D eigenvalue weighted by atomic mass is 9.90. The summed E-state index contributed by atoms with van der Waals surface area (Å²) in [5.41, 5.74) is -3.09. The summed E-state index contributed by atoms with van der Waals surface area (Å²) >= 11 is 0. The third kappa shape index (κ3) is 18.5. The highest BCUT2D eigenvalue weighted by molar-refractivity contribution is 6.01. The first-order valence-corrected chi connectivity index (χ1v) is 34.9. The van der Waals surface area contributed by atoms with Gasteiger partial charge in [0, 0.05) is 75.1 Å². The Kier molecular flexibility index (Phi) is 28.0. The zero-order valence-corrected chi connectivity index (χ0v) is 59.8. The number of rotatable bonds is 14. The van der Waals surface area contributed by atoms with Gasteiger partial charge < -0.3 is 64.8 Å². The number of fused-ring (bicyclic) bond motifs is 2. The number of amides is 12. The van der Waals surface area contributed by atoms with E-state index in [-0.39, 0.29) is 89.2 Å². The zero-order chi connectivity index (χ0) is 73.0. The molecule has 1 aromatic rings. The van der Waals surface area contributed by atoms with Gasteiger partial charge in [-0.3, -0.25) is 57.5 Å². The number of aryl methyl sites for hydroxylation is 1. The van der Waals surface area contributed by atoms with Crippen molar-refractivity contribution < 1.29 is 79.8 Å². The fourth-order valence-electron chi connectivity index (χ4n) is 14.0. The summed E-state index contributed by atoms with van der Waals surface area (Å²) in [6.45, 7) is 14.0. The van der Waals surface area contributed by atoms with Crippen molar-refractivity contribution in [3.05, 3.63) is 35.1 Å². The Hall–Kier alpha value is -7.46. The number of nitrogens with zero attached hydrogens (tertiary/aromatic N) is 9. The molecule has 5 fully saturated rings. The van der Waals surface area contributed by atoms with Gasteiger partial charge in [0.1, 0.15) is 65.7 Å². The zero-order valence-electron chi connectivity index (χ0n) is 59.8. The number of hydrogen-bond acceptors (Lipinski definition) is 13. The summed E-state index contributed by atoms with van der Waals surface area (Å²) in [4.78, 5) is 190. The van der Waals surface area contributed by atoms with Gasteiger partial charge in [0.05, 0.1) is 25.1 Å². The highest BCUT2D eigenvalue weighted by atomic mass is 19.4. The molecule has 0 aromatic heterocycles. The van der Waals surface area contributed by atoms with Crippen molar-refractivity contribution in [3.63, 3.8) is 0 Å². The fraction of sp³-hybridized carbons (Fsp3) is 0.739. The molecule has 0 bridgehead atoms. The number of carbonyl (C=O) groups excluding carboxylic acids is 12. The predicted octanol–water partition coefficient (Wildman–Crippen LogP) is 3.97. The number of likely N-dealkylation sites (tertiary alicyclic amines) is 1. The van der Waals surface area contributed by atoms with Crippen LogP contribution in [-0.4, -0.2) is 263 Å². The molecule has 29 heteroatoms. The molecular weight excluding hydrogens is 1280 g/mol. The largest absolute Gasteiger partial charge is 0.419 e. The molecule has 4 heterocycles. The second-order valence-electron chi connectivity index (χ2n) is 28.1. The van der Waals surface area contributed by atoms with Crippen molar-refractivity contribution in [1.82, 2.24) is 60.0 Å². The molecule has 1 spiro atoms. The molecule has 3 N–H and O–H groups in total. The monoisotopic (exact) mass is 1390 g/mol. The smallest absolute Gasteiger partial charge is 0.379 e. The molecule has 12 amide bonds. The molecule has 0 unspecified atom stereocenters. The molecule has 4 aliphatic heterocycles. The van der Waals surface area contributed by atoms with E-state index >= 15 is 18.8 Å². The fourth-order valence-corrected chi connectivity index (χ4v) is 14.0. The SMILES string of the molecule is CCCOC[C@H]1C(=O)N(C)CC(=O)N[C@@H](CCc2ccc(C(F)(F)F)c(F)c2)C(=O)N2CCC[C@H]2C(=O)NC2(CCCC2)C(=O)N(C)[C@@H]([C@@H](C)CC)C(=O)N(C)[C@H](C(=O)N2CCCC2)CC(=O)N(C)[C@@H](CC(C)C)C(=O)N[C@@H]([C@@H](C)CC)C(=O)N(C)[C@@H](C)C(=O)N2CC[C@H]2C(=O)N1C. The number of halogens is 4. The van der Waals surface area contributed by atoms with E-state index in [0.717, 1.165) is 15.9 Å². The van der Waals surface area contributed by atoms with Crippen molar-refractivity contribution in [2.24, 2.45) is 17.8 Å². The first-order chi connectivity index (χ1) is 46.1. The van der Waals surface area contributed by atoms with E-state index in [1.807, 2.05) is 34.6 Å². The lowest BCUT2D eigenvalue weighted by molar-refractivity contribution is -0.161. The van der Waals surface area contributed by atoms with Crippen LogP contribution in [0.2, 0.25) is 0 Å². The van der Waals surface area contributed by atoms with Crippen LogP contribution in [0.5, 0.6) is 0 Å². The van der Waals surface area contributed by atoms with Crippen LogP contribution in [0, 0.1) is 23.6 Å². The van der Waals surface area contributed by atoms with Gasteiger partial charge in [0.2, 0.25) is 70.9 Å². The number of likely N-dealkylation sites (N-methyl/N-ethyl adjacent to an activating group) is 6. The summed E-state index contributed by atoms with van der Waals surface area (Å²) < 4.78 is 61.9. The standard InChI is InChI=1S/C69H106F4N12O13/c1-15-35-98-40-53-62(92)77(9)39-54(86)74-48(27-25-45-24-26-46(47(70)37-45)69(71,72)73)61(91)84-33-22-23-49(84)59(89)76-68(29-18-19-30-68)67(97)82(14)57(43(7)17-3)66(96)80(12)52(64(94)83-31-20-21-32-83)38-55(87)79(11)51(36-41(4)5)58(88)75-56(42(6)16-2)65(95)78(10)44(8)60(90)85-34-28-50(85)63(93)81(53)13/h24,26,37,41-44,48-53,56-57H,15-23,25,27-36,38-40H2,1-14H3,(H,74,86)(H,75,88)(H,76,89)/t42-,43-,44-,48-,49-,50-,51-,52-,53-,56-,57-/m0/s1.